The summed E-state index contributed by atoms with van der Waals surface area (Å²) in [4.78, 5) is 7.44. The molecule has 1 N–H and O–H groups in total. The average Bonchev–Trinajstić information content (AvgIpc) is 3.71. The van der Waals surface area contributed by atoms with Crippen LogP contribution in [0.15, 0.2) is 132 Å². The van der Waals surface area contributed by atoms with Crippen molar-refractivity contribution in [3.05, 3.63) is 145 Å². The minimum absolute atomic E-state index is 0. The van der Waals surface area contributed by atoms with Crippen LogP contribution < -0.4 is 29.6 Å². The van der Waals surface area contributed by atoms with Gasteiger partial charge < -0.3 is 1.43 Å². The van der Waals surface area contributed by atoms with Gasteiger partial charge in [-0.1, -0.05) is 91.0 Å². The predicted octanol–water partition coefficient (Wildman–Crippen LogP) is 7.29. The monoisotopic (exact) mass is 780 g/mol. The second-order valence-corrected chi connectivity index (χ2v) is 12.3. The van der Waals surface area contributed by atoms with Gasteiger partial charge in [-0.15, -0.1) is 11.6 Å². The minimum Gasteiger partial charge on any atom is -1.00 e. The van der Waals surface area contributed by atoms with Gasteiger partial charge in [0, 0.05) is 26.6 Å². The molecule has 0 unspecified atom stereocenters. The van der Waals surface area contributed by atoms with Crippen molar-refractivity contribution in [2.45, 2.75) is 25.6 Å². The Bertz CT molecular complexity index is 1380. The molecule has 0 saturated carbocycles. The summed E-state index contributed by atoms with van der Waals surface area (Å²) in [5, 5.41) is 6.52. The van der Waals surface area contributed by atoms with Crippen molar-refractivity contribution in [2.24, 2.45) is 9.98 Å². The van der Waals surface area contributed by atoms with Crippen LogP contribution in [0.1, 0.15) is 37.7 Å². The van der Waals surface area contributed by atoms with Gasteiger partial charge in [0.05, 0.1) is 23.8 Å². The van der Waals surface area contributed by atoms with E-state index in [0.29, 0.717) is 0 Å². The Kier molecular flexibility index (Phi) is 16.5. The van der Waals surface area contributed by atoms with Crippen LogP contribution in [0.5, 0.6) is 0 Å². The Morgan fingerprint density at radius 2 is 1.26 bits per heavy atom. The zero-order chi connectivity index (χ0) is 29.7. The number of aryl methyl sites for hydroxylation is 1. The van der Waals surface area contributed by atoms with Crippen LogP contribution in [0.25, 0.3) is 0 Å². The van der Waals surface area contributed by atoms with E-state index in [1.807, 2.05) is 74.7 Å². The van der Waals surface area contributed by atoms with E-state index in [9.17, 15) is 0 Å². The molecule has 0 amide bonds. The molecule has 0 saturated heterocycles. The third-order valence-electron chi connectivity index (χ3n) is 6.17. The van der Waals surface area contributed by atoms with Gasteiger partial charge in [-0.3, -0.25) is 15.1 Å². The molecule has 1 aromatic heterocycles. The maximum Gasteiger partial charge on any atom is 1.00 e. The van der Waals surface area contributed by atoms with E-state index in [4.69, 9.17) is 11.6 Å². The number of nitrogens with one attached hydrogen (secondary N) is 1. The number of rotatable bonds is 3. The molecule has 2 aliphatic rings. The number of aliphatic imine (C=N–C) groups is 2. The normalized spacial score (nSPS) is 13.3. The number of allylic oxidation sites excluding steroid dienone is 2. The molecule has 0 radical (unpaired) electrons. The fourth-order valence-electron chi connectivity index (χ4n) is 3.77. The van der Waals surface area contributed by atoms with Crippen molar-refractivity contribution in [1.29, 1.82) is 0 Å². The first kappa shape index (κ1) is 36.6. The Balaban J connectivity index is 0.000000331. The van der Waals surface area contributed by atoms with E-state index in [2.05, 4.69) is 117 Å². The Hall–Kier alpha value is -1.58. The molecule has 9 heteroatoms. The van der Waals surface area contributed by atoms with E-state index < -0.39 is 4.87 Å². The van der Waals surface area contributed by atoms with Crippen LogP contribution in [0.2, 0.25) is 0 Å². The predicted molar refractivity (Wildman–Crippen MR) is 187 cm³/mol. The van der Waals surface area contributed by atoms with Crippen LogP contribution in [0, 0.1) is 6.92 Å². The van der Waals surface area contributed by atoms with Crippen molar-refractivity contribution in [3.63, 3.8) is 0 Å². The van der Waals surface area contributed by atoms with Crippen molar-refractivity contribution < 1.29 is 31.0 Å². The zero-order valence-corrected chi connectivity index (χ0v) is 31.7. The molecule has 0 bridgehead atoms. The van der Waals surface area contributed by atoms with Crippen LogP contribution in [0.3, 0.4) is 0 Å². The van der Waals surface area contributed by atoms with E-state index in [0.717, 1.165) is 54.6 Å². The molecular weight excluding hydrogens is 751 g/mol. The molecule has 4 aromatic rings. The van der Waals surface area contributed by atoms with E-state index in [-0.39, 0.29) is 31.0 Å². The number of hydrogen-bond acceptors (Lipinski definition) is 3. The molecule has 0 aliphatic carbocycles. The SMILES string of the molecule is CC1=C(Br)C=NC1.CC1=NCC=C1Br.Cc1[nH]ncc1Br.ClC(c1ccccc1)(c1ccccc1)c1ccccc1.[H-].[Na+]. The van der Waals surface area contributed by atoms with E-state index in [1.54, 1.807) is 6.20 Å². The largest absolute Gasteiger partial charge is 1.00 e. The first-order valence-electron chi connectivity index (χ1n) is 13.0. The van der Waals surface area contributed by atoms with Crippen LogP contribution in [-0.4, -0.2) is 35.2 Å². The number of hydrogen-bond donors (Lipinski definition) is 1. The van der Waals surface area contributed by atoms with E-state index in [1.165, 1.54) is 5.57 Å². The number of aromatic nitrogens is 2. The first-order chi connectivity index (χ1) is 19.7. The van der Waals surface area contributed by atoms with Gasteiger partial charge in [-0.25, -0.2) is 0 Å². The molecular formula is C33H33Br3ClN4Na. The van der Waals surface area contributed by atoms with E-state index >= 15 is 0 Å². The summed E-state index contributed by atoms with van der Waals surface area (Å²) in [7, 11) is 0. The number of H-pyrrole nitrogens is 1. The molecule has 42 heavy (non-hydrogen) atoms. The summed E-state index contributed by atoms with van der Waals surface area (Å²) < 4.78 is 3.33. The second kappa shape index (κ2) is 18.9. The molecule has 2 aliphatic heterocycles. The van der Waals surface area contributed by atoms with Gasteiger partial charge >= 0.3 is 29.6 Å². The summed E-state index contributed by atoms with van der Waals surface area (Å²) >= 11 is 17.1. The standard InChI is InChI=1S/C19H15Cl.2C5H6BrN.C4H5BrN2.Na.H/c20-19(16-10-4-1-5-11-16,17-12-6-2-7-13-17)18-14-8-3-9-15-18;1-4-2-7-3-5(4)6;1-4-5(6)2-3-7-4;1-3-4(5)2-6-7-3;;/h1-15H;3H,2H2,1H3;2H,3H2,1H3;2H,1H3,(H,6,7);;/q;;;;+1;-1. The molecule has 0 fully saturated rings. The molecule has 214 valence electrons. The maximum atomic E-state index is 7.12. The van der Waals surface area contributed by atoms with Crippen molar-refractivity contribution in [3.8, 4) is 0 Å². The Morgan fingerprint density at radius 1 is 0.786 bits per heavy atom. The molecule has 0 atom stereocenters. The topological polar surface area (TPSA) is 53.4 Å². The van der Waals surface area contributed by atoms with Gasteiger partial charge in [0.15, 0.2) is 0 Å². The number of halogens is 4. The Morgan fingerprint density at radius 3 is 1.45 bits per heavy atom. The van der Waals surface area contributed by atoms with Gasteiger partial charge in [0.2, 0.25) is 0 Å². The number of benzene rings is 3. The number of alkyl halides is 1. The number of nitrogens with zero attached hydrogens (tertiary/aromatic N) is 3. The summed E-state index contributed by atoms with van der Waals surface area (Å²) in [6.45, 7) is 7.74. The molecule has 4 nitrogen and oxygen atoms in total. The summed E-state index contributed by atoms with van der Waals surface area (Å²) in [5.74, 6) is 0. The van der Waals surface area contributed by atoms with Crippen molar-refractivity contribution in [1.82, 2.24) is 10.2 Å². The quantitative estimate of drug-likeness (QED) is 0.133. The van der Waals surface area contributed by atoms with Gasteiger partial charge in [-0.2, -0.15) is 5.10 Å². The molecule has 6 rings (SSSR count). The fraction of sp³-hybridized carbons (Fsp3) is 0.182. The number of aromatic amines is 1. The second-order valence-electron chi connectivity index (χ2n) is 9.18. The van der Waals surface area contributed by atoms with Crippen molar-refractivity contribution in [2.75, 3.05) is 13.1 Å². The van der Waals surface area contributed by atoms with Gasteiger partial charge in [-0.05, 0) is 96.9 Å². The molecule has 0 spiro atoms. The van der Waals surface area contributed by atoms with Crippen LogP contribution in [-0.2, 0) is 4.87 Å². The van der Waals surface area contributed by atoms with Gasteiger partial charge in [0.1, 0.15) is 4.87 Å². The summed E-state index contributed by atoms with van der Waals surface area (Å²) in [5.41, 5.74) is 6.75. The van der Waals surface area contributed by atoms with Crippen molar-refractivity contribution >= 4 is 71.3 Å². The molecule has 3 heterocycles. The van der Waals surface area contributed by atoms with Crippen LogP contribution in [0.4, 0.5) is 0 Å². The maximum absolute atomic E-state index is 7.12. The smallest absolute Gasteiger partial charge is 1.00 e. The van der Waals surface area contributed by atoms with Crippen LogP contribution >= 0.6 is 59.4 Å². The summed E-state index contributed by atoms with van der Waals surface area (Å²) in [6.07, 6.45) is 5.62. The third-order valence-corrected chi connectivity index (χ3v) is 9.40. The first-order valence-corrected chi connectivity index (χ1v) is 15.7. The fourth-order valence-corrected chi connectivity index (χ4v) is 4.88. The third kappa shape index (κ3) is 10.8. The average molecular weight is 784 g/mol. The molecule has 3 aromatic carbocycles. The minimum atomic E-state index is -0.649. The van der Waals surface area contributed by atoms with Gasteiger partial charge in [0.25, 0.3) is 0 Å². The summed E-state index contributed by atoms with van der Waals surface area (Å²) in [6, 6.07) is 30.6. The zero-order valence-electron chi connectivity index (χ0n) is 25.2. The Labute approximate surface area is 303 Å².